The maximum atomic E-state index is 11.7. The molecular weight excluding hydrogens is 212 g/mol. The lowest BCUT2D eigenvalue weighted by Crippen LogP contribution is -2.39. The van der Waals surface area contributed by atoms with E-state index in [1.807, 2.05) is 0 Å². The summed E-state index contributed by atoms with van der Waals surface area (Å²) in [5.41, 5.74) is 5.03. The van der Waals surface area contributed by atoms with Gasteiger partial charge in [0.25, 0.3) is 5.56 Å². The highest BCUT2D eigenvalue weighted by molar-refractivity contribution is 5.60. The molecule has 0 aliphatic heterocycles. The molecule has 7 heteroatoms. The molecule has 0 aliphatic carbocycles. The van der Waals surface area contributed by atoms with Gasteiger partial charge in [0, 0.05) is 27.7 Å². The summed E-state index contributed by atoms with van der Waals surface area (Å²) < 4.78 is 7.07. The van der Waals surface area contributed by atoms with Crippen LogP contribution in [0.25, 0.3) is 0 Å². The number of nitrogens with zero attached hydrogens (tertiary/aromatic N) is 2. The summed E-state index contributed by atoms with van der Waals surface area (Å²) in [5.74, 6) is 0.129. The summed E-state index contributed by atoms with van der Waals surface area (Å²) in [6.07, 6.45) is 0. The van der Waals surface area contributed by atoms with Crippen LogP contribution in [0, 0.1) is 0 Å². The Bertz CT molecular complexity index is 489. The Morgan fingerprint density at radius 3 is 2.50 bits per heavy atom. The zero-order valence-electron chi connectivity index (χ0n) is 9.61. The number of rotatable bonds is 4. The Morgan fingerprint density at radius 2 is 1.94 bits per heavy atom. The first kappa shape index (κ1) is 12.3. The van der Waals surface area contributed by atoms with Crippen LogP contribution in [0.5, 0.6) is 0 Å². The molecule has 1 rings (SSSR count). The van der Waals surface area contributed by atoms with E-state index in [2.05, 4.69) is 5.32 Å². The number of ether oxygens (including phenoxy) is 1. The van der Waals surface area contributed by atoms with Gasteiger partial charge in [-0.15, -0.1) is 0 Å². The van der Waals surface area contributed by atoms with E-state index in [9.17, 15) is 9.59 Å². The molecule has 0 aliphatic rings. The minimum absolute atomic E-state index is 0.129. The zero-order valence-corrected chi connectivity index (χ0v) is 9.61. The minimum atomic E-state index is -0.445. The van der Waals surface area contributed by atoms with Gasteiger partial charge in [-0.05, 0) is 0 Å². The molecule has 3 N–H and O–H groups in total. The zero-order chi connectivity index (χ0) is 12.3. The van der Waals surface area contributed by atoms with Crippen molar-refractivity contribution in [3.05, 3.63) is 20.8 Å². The van der Waals surface area contributed by atoms with Crippen molar-refractivity contribution < 1.29 is 4.74 Å². The monoisotopic (exact) mass is 228 g/mol. The number of hydrogen-bond donors (Lipinski definition) is 2. The first-order valence-corrected chi connectivity index (χ1v) is 4.79. The van der Waals surface area contributed by atoms with E-state index in [0.29, 0.717) is 13.2 Å². The molecule has 0 bridgehead atoms. The average molecular weight is 228 g/mol. The third-order valence-electron chi connectivity index (χ3n) is 2.32. The van der Waals surface area contributed by atoms with E-state index >= 15 is 0 Å². The second-order valence-electron chi connectivity index (χ2n) is 3.39. The topological polar surface area (TPSA) is 91.3 Å². The summed E-state index contributed by atoms with van der Waals surface area (Å²) in [5, 5.41) is 2.85. The van der Waals surface area contributed by atoms with Gasteiger partial charge >= 0.3 is 5.69 Å². The van der Waals surface area contributed by atoms with Crippen molar-refractivity contribution in [1.82, 2.24) is 9.13 Å². The molecule has 1 aromatic rings. The van der Waals surface area contributed by atoms with Crippen molar-refractivity contribution in [1.29, 1.82) is 0 Å². The molecule has 16 heavy (non-hydrogen) atoms. The van der Waals surface area contributed by atoms with Crippen molar-refractivity contribution >= 4 is 11.5 Å². The molecule has 0 aromatic carbocycles. The number of nitrogens with two attached hydrogens (primary N) is 1. The lowest BCUT2D eigenvalue weighted by Gasteiger charge is -2.12. The van der Waals surface area contributed by atoms with Crippen LogP contribution in [0.2, 0.25) is 0 Å². The Labute approximate surface area is 92.4 Å². The molecule has 0 unspecified atom stereocenters. The van der Waals surface area contributed by atoms with Crippen molar-refractivity contribution in [3.63, 3.8) is 0 Å². The van der Waals surface area contributed by atoms with Crippen LogP contribution >= 0.6 is 0 Å². The highest BCUT2D eigenvalue weighted by Crippen LogP contribution is 2.07. The molecule has 90 valence electrons. The Balaban J connectivity index is 3.19. The second-order valence-corrected chi connectivity index (χ2v) is 3.39. The van der Waals surface area contributed by atoms with Crippen LogP contribution in [-0.4, -0.2) is 29.4 Å². The SMILES string of the molecule is COCCNc1c(N)n(C)c(=O)n(C)c1=O. The number of nitrogens with one attached hydrogen (secondary N) is 1. The smallest absolute Gasteiger partial charge is 0.332 e. The number of aromatic nitrogens is 2. The maximum Gasteiger partial charge on any atom is 0.332 e. The normalized spacial score (nSPS) is 10.4. The Hall–Kier alpha value is -1.76. The molecule has 0 saturated heterocycles. The number of anilines is 2. The van der Waals surface area contributed by atoms with Gasteiger partial charge in [0.2, 0.25) is 0 Å². The van der Waals surface area contributed by atoms with Crippen LogP contribution < -0.4 is 22.3 Å². The first-order valence-electron chi connectivity index (χ1n) is 4.79. The molecule has 0 amide bonds. The number of methoxy groups -OCH3 is 1. The molecule has 0 radical (unpaired) electrons. The second kappa shape index (κ2) is 4.84. The van der Waals surface area contributed by atoms with Gasteiger partial charge in [-0.3, -0.25) is 13.9 Å². The third-order valence-corrected chi connectivity index (χ3v) is 2.32. The van der Waals surface area contributed by atoms with Gasteiger partial charge in [0.15, 0.2) is 0 Å². The Morgan fingerprint density at radius 1 is 1.31 bits per heavy atom. The van der Waals surface area contributed by atoms with Crippen LogP contribution in [0.3, 0.4) is 0 Å². The van der Waals surface area contributed by atoms with Crippen molar-refractivity contribution in [2.75, 3.05) is 31.3 Å². The van der Waals surface area contributed by atoms with Gasteiger partial charge in [0.1, 0.15) is 11.5 Å². The summed E-state index contributed by atoms with van der Waals surface area (Å²) in [7, 11) is 4.48. The van der Waals surface area contributed by atoms with Gasteiger partial charge < -0.3 is 15.8 Å². The van der Waals surface area contributed by atoms with E-state index in [1.165, 1.54) is 18.7 Å². The van der Waals surface area contributed by atoms with Gasteiger partial charge in [0.05, 0.1) is 6.61 Å². The summed E-state index contributed by atoms with van der Waals surface area (Å²) in [4.78, 5) is 23.2. The van der Waals surface area contributed by atoms with E-state index in [0.717, 1.165) is 4.57 Å². The van der Waals surface area contributed by atoms with Crippen LogP contribution in [0.1, 0.15) is 0 Å². The maximum absolute atomic E-state index is 11.7. The lowest BCUT2D eigenvalue weighted by atomic mass is 10.4. The number of nitrogen functional groups attached to an aromatic ring is 1. The third kappa shape index (κ3) is 2.08. The molecule has 0 fully saturated rings. The van der Waals surface area contributed by atoms with Crippen LogP contribution in [-0.2, 0) is 18.8 Å². The molecule has 0 spiro atoms. The van der Waals surface area contributed by atoms with E-state index in [4.69, 9.17) is 10.5 Å². The molecule has 0 atom stereocenters. The molecular formula is C9H16N4O3. The van der Waals surface area contributed by atoms with E-state index in [-0.39, 0.29) is 11.5 Å². The molecule has 7 nitrogen and oxygen atoms in total. The van der Waals surface area contributed by atoms with Crippen molar-refractivity contribution in [2.45, 2.75) is 0 Å². The first-order chi connectivity index (χ1) is 7.50. The molecule has 1 aromatic heterocycles. The van der Waals surface area contributed by atoms with Gasteiger partial charge in [-0.2, -0.15) is 0 Å². The van der Waals surface area contributed by atoms with E-state index in [1.54, 1.807) is 7.11 Å². The van der Waals surface area contributed by atoms with Crippen LogP contribution in [0.15, 0.2) is 9.59 Å². The predicted octanol–water partition coefficient (Wildman–Crippen LogP) is -1.28. The van der Waals surface area contributed by atoms with Crippen LogP contribution in [0.4, 0.5) is 11.5 Å². The summed E-state index contributed by atoms with van der Waals surface area (Å²) >= 11 is 0. The highest BCUT2D eigenvalue weighted by atomic mass is 16.5. The predicted molar refractivity (Wildman–Crippen MR) is 61.7 cm³/mol. The van der Waals surface area contributed by atoms with Gasteiger partial charge in [-0.1, -0.05) is 0 Å². The van der Waals surface area contributed by atoms with Crippen molar-refractivity contribution in [2.24, 2.45) is 14.1 Å². The van der Waals surface area contributed by atoms with Gasteiger partial charge in [-0.25, -0.2) is 4.79 Å². The van der Waals surface area contributed by atoms with E-state index < -0.39 is 11.2 Å². The largest absolute Gasteiger partial charge is 0.383 e. The summed E-state index contributed by atoms with van der Waals surface area (Å²) in [6, 6.07) is 0. The fourth-order valence-electron chi connectivity index (χ4n) is 1.30. The quantitative estimate of drug-likeness (QED) is 0.627. The molecule has 1 heterocycles. The summed E-state index contributed by atoms with van der Waals surface area (Å²) in [6.45, 7) is 0.902. The minimum Gasteiger partial charge on any atom is -0.383 e. The standard InChI is InChI=1S/C9H16N4O3/c1-12-7(10)6(11-4-5-16-3)8(14)13(2)9(12)15/h11H,4-5,10H2,1-3H3. The fourth-order valence-corrected chi connectivity index (χ4v) is 1.30. The Kier molecular flexibility index (Phi) is 3.73. The highest BCUT2D eigenvalue weighted by Gasteiger charge is 2.11. The molecule has 0 saturated carbocycles. The van der Waals surface area contributed by atoms with Crippen molar-refractivity contribution in [3.8, 4) is 0 Å². The number of hydrogen-bond acceptors (Lipinski definition) is 5. The fraction of sp³-hybridized carbons (Fsp3) is 0.556. The average Bonchev–Trinajstić information content (AvgIpc) is 2.28. The lowest BCUT2D eigenvalue weighted by molar-refractivity contribution is 0.210.